The van der Waals surface area contributed by atoms with E-state index in [1.807, 2.05) is 0 Å². The molecule has 2 aliphatic carbocycles. The molecule has 3 fully saturated rings. The zero-order valence-corrected chi connectivity index (χ0v) is 16.9. The highest BCUT2D eigenvalue weighted by atomic mass is 16.6. The number of carbonyl (C=O) groups excluding carboxylic acids is 1. The number of unbranched alkanes of at least 4 members (excludes halogenated alkanes) is 3. The highest BCUT2D eigenvalue weighted by molar-refractivity contribution is 5.82. The molecular weight excluding hydrogens is 320 g/mol. The molecule has 0 radical (unpaired) electrons. The van der Waals surface area contributed by atoms with Crippen LogP contribution in [-0.2, 0) is 9.53 Å². The van der Waals surface area contributed by atoms with Crippen molar-refractivity contribution in [1.29, 1.82) is 0 Å². The van der Waals surface area contributed by atoms with E-state index in [9.17, 15) is 4.79 Å². The Bertz CT molecular complexity index is 441. The third-order valence-corrected chi connectivity index (χ3v) is 7.06. The van der Waals surface area contributed by atoms with Crippen molar-refractivity contribution in [3.05, 3.63) is 11.8 Å². The fraction of sp³-hybridized carbons (Fsp3) is 0.875. The van der Waals surface area contributed by atoms with Crippen LogP contribution >= 0.6 is 0 Å². The molecular formula is C24H40O2. The lowest BCUT2D eigenvalue weighted by molar-refractivity contribution is -0.157. The van der Waals surface area contributed by atoms with E-state index < -0.39 is 0 Å². The maximum absolute atomic E-state index is 11.8. The van der Waals surface area contributed by atoms with Crippen molar-refractivity contribution in [2.45, 2.75) is 116 Å². The first-order valence-electron chi connectivity index (χ1n) is 11.7. The lowest BCUT2D eigenvalue weighted by Gasteiger charge is -2.28. The Balaban J connectivity index is 1.24. The van der Waals surface area contributed by atoms with Crippen LogP contribution in [0.15, 0.2) is 11.8 Å². The third kappa shape index (κ3) is 6.43. The first-order valence-corrected chi connectivity index (χ1v) is 11.7. The maximum Gasteiger partial charge on any atom is 0.321 e. The molecule has 0 bridgehead atoms. The molecule has 0 aromatic heterocycles. The molecule has 0 amide bonds. The molecule has 26 heavy (non-hydrogen) atoms. The number of hydrogen-bond acceptors (Lipinski definition) is 2. The average molecular weight is 361 g/mol. The van der Waals surface area contributed by atoms with Gasteiger partial charge in [0, 0.05) is 0 Å². The van der Waals surface area contributed by atoms with Gasteiger partial charge in [0.2, 0.25) is 0 Å². The first-order chi connectivity index (χ1) is 12.8. The Kier molecular flexibility index (Phi) is 8.55. The second-order valence-electron chi connectivity index (χ2n) is 9.16. The van der Waals surface area contributed by atoms with Crippen LogP contribution in [0.2, 0.25) is 0 Å². The van der Waals surface area contributed by atoms with Crippen LogP contribution in [0.1, 0.15) is 116 Å². The zero-order valence-electron chi connectivity index (χ0n) is 16.9. The summed E-state index contributed by atoms with van der Waals surface area (Å²) < 4.78 is 5.32. The molecule has 3 rings (SSSR count). The Hall–Kier alpha value is -0.790. The minimum Gasteiger partial charge on any atom is -0.430 e. The van der Waals surface area contributed by atoms with E-state index >= 15 is 0 Å². The lowest BCUT2D eigenvalue weighted by atomic mass is 9.85. The van der Waals surface area contributed by atoms with Crippen LogP contribution in [0.5, 0.6) is 0 Å². The van der Waals surface area contributed by atoms with Crippen molar-refractivity contribution in [3.63, 3.8) is 0 Å². The van der Waals surface area contributed by atoms with Crippen molar-refractivity contribution in [1.82, 2.24) is 0 Å². The largest absolute Gasteiger partial charge is 0.430 e. The first kappa shape index (κ1) is 20.0. The molecule has 148 valence electrons. The summed E-state index contributed by atoms with van der Waals surface area (Å²) in [5.74, 6) is 3.08. The highest BCUT2D eigenvalue weighted by Gasteiger charge is 2.36. The summed E-state index contributed by atoms with van der Waals surface area (Å²) >= 11 is 0. The zero-order chi connectivity index (χ0) is 18.0. The topological polar surface area (TPSA) is 26.3 Å². The Morgan fingerprint density at radius 1 is 0.731 bits per heavy atom. The molecule has 3 aliphatic rings. The van der Waals surface area contributed by atoms with Gasteiger partial charge in [-0.1, -0.05) is 96.3 Å². The molecule has 1 unspecified atom stereocenters. The minimum atomic E-state index is 0.0242. The lowest BCUT2D eigenvalue weighted by Crippen LogP contribution is -2.32. The highest BCUT2D eigenvalue weighted by Crippen LogP contribution is 2.34. The number of esters is 1. The summed E-state index contributed by atoms with van der Waals surface area (Å²) in [6.07, 6.45) is 26.7. The summed E-state index contributed by atoms with van der Waals surface area (Å²) in [7, 11) is 0. The van der Waals surface area contributed by atoms with E-state index in [-0.39, 0.29) is 11.9 Å². The molecule has 1 aliphatic heterocycles. The normalized spacial score (nSPS) is 26.7. The van der Waals surface area contributed by atoms with Crippen LogP contribution in [0.4, 0.5) is 0 Å². The summed E-state index contributed by atoms with van der Waals surface area (Å²) in [5, 5.41) is 0. The van der Waals surface area contributed by atoms with Gasteiger partial charge in [0.05, 0.1) is 0 Å². The Labute approximate surface area is 161 Å². The molecule has 2 saturated carbocycles. The second-order valence-corrected chi connectivity index (χ2v) is 9.16. The number of rotatable bonds is 10. The van der Waals surface area contributed by atoms with Crippen LogP contribution in [0.25, 0.3) is 0 Å². The predicted octanol–water partition coefficient (Wildman–Crippen LogP) is 7.32. The van der Waals surface area contributed by atoms with E-state index in [4.69, 9.17) is 4.74 Å². The summed E-state index contributed by atoms with van der Waals surface area (Å²) in [5.41, 5.74) is 0. The van der Waals surface area contributed by atoms with Gasteiger partial charge >= 0.3 is 5.97 Å². The third-order valence-electron chi connectivity index (χ3n) is 7.06. The molecule has 0 spiro atoms. The second kappa shape index (κ2) is 11.1. The summed E-state index contributed by atoms with van der Waals surface area (Å²) in [4.78, 5) is 11.8. The van der Waals surface area contributed by atoms with E-state index in [1.54, 1.807) is 0 Å². The smallest absolute Gasteiger partial charge is 0.321 e. The summed E-state index contributed by atoms with van der Waals surface area (Å²) in [6, 6.07) is 0. The fourth-order valence-electron chi connectivity index (χ4n) is 5.32. The number of ether oxygens (including phenoxy) is 1. The molecule has 1 heterocycles. The molecule has 2 heteroatoms. The summed E-state index contributed by atoms with van der Waals surface area (Å²) in [6.45, 7) is 0. The monoisotopic (exact) mass is 360 g/mol. The minimum absolute atomic E-state index is 0.0242. The van der Waals surface area contributed by atoms with E-state index in [2.05, 4.69) is 6.08 Å². The standard InChI is InChI=1S/C24H40O2/c25-24-22(18-11-10-17-21-14-6-2-7-15-21)23(26-24)19-9-3-8-16-20-12-4-1-5-13-20/h19-22H,1-18H2/b23-19-. The van der Waals surface area contributed by atoms with Crippen molar-refractivity contribution in [3.8, 4) is 0 Å². The van der Waals surface area contributed by atoms with Gasteiger partial charge in [-0.3, -0.25) is 4.79 Å². The van der Waals surface area contributed by atoms with Gasteiger partial charge in [-0.15, -0.1) is 0 Å². The molecule has 1 atom stereocenters. The number of allylic oxidation sites excluding steroid dienone is 1. The van der Waals surface area contributed by atoms with Crippen LogP contribution < -0.4 is 0 Å². The van der Waals surface area contributed by atoms with Gasteiger partial charge in [-0.05, 0) is 37.2 Å². The van der Waals surface area contributed by atoms with E-state index in [0.29, 0.717) is 0 Å². The van der Waals surface area contributed by atoms with Crippen LogP contribution in [-0.4, -0.2) is 5.97 Å². The van der Waals surface area contributed by atoms with Crippen molar-refractivity contribution in [2.75, 3.05) is 0 Å². The molecule has 0 N–H and O–H groups in total. The number of hydrogen-bond donors (Lipinski definition) is 0. The van der Waals surface area contributed by atoms with Gasteiger partial charge in [-0.2, -0.15) is 0 Å². The number of carbonyl (C=O) groups is 1. The molecule has 0 aromatic carbocycles. The van der Waals surface area contributed by atoms with Crippen LogP contribution in [0, 0.1) is 17.8 Å². The van der Waals surface area contributed by atoms with Crippen molar-refractivity contribution < 1.29 is 9.53 Å². The molecule has 2 nitrogen and oxygen atoms in total. The van der Waals surface area contributed by atoms with E-state index in [1.165, 1.54) is 103 Å². The number of cyclic esters (lactones) is 1. The van der Waals surface area contributed by atoms with Crippen LogP contribution in [0.3, 0.4) is 0 Å². The van der Waals surface area contributed by atoms with Gasteiger partial charge in [-0.25, -0.2) is 0 Å². The quantitative estimate of drug-likeness (QED) is 0.301. The fourth-order valence-corrected chi connectivity index (χ4v) is 5.32. The van der Waals surface area contributed by atoms with E-state index in [0.717, 1.165) is 30.4 Å². The van der Waals surface area contributed by atoms with Crippen molar-refractivity contribution in [2.24, 2.45) is 17.8 Å². The maximum atomic E-state index is 11.8. The van der Waals surface area contributed by atoms with Gasteiger partial charge < -0.3 is 4.74 Å². The average Bonchev–Trinajstić information content (AvgIpc) is 2.68. The van der Waals surface area contributed by atoms with Gasteiger partial charge in [0.1, 0.15) is 11.7 Å². The van der Waals surface area contributed by atoms with Gasteiger partial charge in [0.15, 0.2) is 0 Å². The van der Waals surface area contributed by atoms with Gasteiger partial charge in [0.25, 0.3) is 0 Å². The van der Waals surface area contributed by atoms with Crippen molar-refractivity contribution >= 4 is 5.97 Å². The Morgan fingerprint density at radius 2 is 1.27 bits per heavy atom. The Morgan fingerprint density at radius 3 is 1.85 bits per heavy atom. The molecule has 0 aromatic rings. The molecule has 1 saturated heterocycles. The SMILES string of the molecule is O=C1O/C(=C\CCCCC2CCCCC2)C1CCCCC1CCCCC1. The predicted molar refractivity (Wildman–Crippen MR) is 108 cm³/mol.